The van der Waals surface area contributed by atoms with E-state index in [1.54, 1.807) is 13.8 Å². The second-order valence-electron chi connectivity index (χ2n) is 2.24. The quantitative estimate of drug-likeness (QED) is 0.449. The summed E-state index contributed by atoms with van der Waals surface area (Å²) in [5, 5.41) is 11.7. The average molecular weight is 144 g/mol. The first-order chi connectivity index (χ1) is 4.59. The van der Waals surface area contributed by atoms with E-state index in [-0.39, 0.29) is 5.92 Å². The lowest BCUT2D eigenvalue weighted by atomic mass is 10.1. The Kier molecular flexibility index (Phi) is 3.28. The van der Waals surface area contributed by atoms with Gasteiger partial charge < -0.3 is 5.11 Å². The fraction of sp³-hybridized carbons (Fsp3) is 0.800. The third kappa shape index (κ3) is 2.37. The Bertz CT molecular complexity index is 170. The Balaban J connectivity index is 4.26. The molecule has 0 bridgehead atoms. The number of carboxylic acids is 1. The minimum absolute atomic E-state index is 0.119. The first kappa shape index (κ1) is 8.78. The van der Waals surface area contributed by atoms with Gasteiger partial charge in [-0.1, -0.05) is 13.8 Å². The van der Waals surface area contributed by atoms with E-state index in [9.17, 15) is 4.79 Å². The topological polar surface area (TPSA) is 87.6 Å². The molecule has 0 saturated heterocycles. The van der Waals surface area contributed by atoms with Gasteiger partial charge in [0.25, 0.3) is 0 Å². The Hall–Kier alpha value is -1.22. The van der Waals surface area contributed by atoms with Gasteiger partial charge in [0, 0.05) is 0 Å². The van der Waals surface area contributed by atoms with Gasteiger partial charge in [-0.25, -0.2) is 4.79 Å². The summed E-state index contributed by atoms with van der Waals surface area (Å²) in [4.78, 5) is 13.0. The van der Waals surface area contributed by atoms with Gasteiger partial charge in [-0.05, 0) is 5.92 Å². The fourth-order valence-corrected chi connectivity index (χ4v) is 0.530. The van der Waals surface area contributed by atoms with Crippen LogP contribution in [0.3, 0.4) is 0 Å². The molecule has 5 nitrogen and oxygen atoms in total. The van der Waals surface area contributed by atoms with Crippen molar-refractivity contribution in [1.82, 2.24) is 4.91 Å². The Morgan fingerprint density at radius 1 is 1.70 bits per heavy atom. The minimum Gasteiger partial charge on any atom is -0.479 e. The number of nitrogens with one attached hydrogen (secondary N) is 1. The number of aliphatic carboxylic acids is 1. The zero-order valence-electron chi connectivity index (χ0n) is 5.90. The van der Waals surface area contributed by atoms with Gasteiger partial charge in [-0.15, -0.1) is 0 Å². The Morgan fingerprint density at radius 2 is 2.20 bits per heavy atom. The fourth-order valence-electron chi connectivity index (χ4n) is 0.530. The van der Waals surface area contributed by atoms with Crippen molar-refractivity contribution in [3.05, 3.63) is 0 Å². The maximum Gasteiger partial charge on any atom is 0.336 e. The molecule has 0 aliphatic rings. The summed E-state index contributed by atoms with van der Waals surface area (Å²) >= 11 is 0. The van der Waals surface area contributed by atoms with Crippen molar-refractivity contribution in [3.8, 4) is 0 Å². The van der Waals surface area contributed by atoms with E-state index in [1.165, 1.54) is 0 Å². The molecule has 1 unspecified atom stereocenters. The summed E-state index contributed by atoms with van der Waals surface area (Å²) in [6, 6.07) is -0.877. The van der Waals surface area contributed by atoms with Crippen LogP contribution in [0.15, 0.2) is 5.11 Å². The number of carbonyl (C=O) groups is 1. The summed E-state index contributed by atoms with van der Waals surface area (Å²) in [5.41, 5.74) is 6.31. The van der Waals surface area contributed by atoms with E-state index >= 15 is 0 Å². The molecule has 0 aromatic heterocycles. The molecule has 0 spiro atoms. The van der Waals surface area contributed by atoms with Gasteiger partial charge in [0.05, 0.1) is 0 Å². The van der Waals surface area contributed by atoms with Crippen molar-refractivity contribution in [2.75, 3.05) is 0 Å². The molecule has 0 amide bonds. The zero-order chi connectivity index (χ0) is 8.15. The van der Waals surface area contributed by atoms with Gasteiger partial charge in [-0.2, -0.15) is 0 Å². The van der Waals surface area contributed by atoms with Crippen molar-refractivity contribution < 1.29 is 9.90 Å². The monoisotopic (exact) mass is 144 g/mol. The molecule has 0 fully saturated rings. The normalized spacial score (nSPS) is 12.3. The van der Waals surface area contributed by atoms with Crippen LogP contribution in [0, 0.1) is 11.4 Å². The predicted molar refractivity (Wildman–Crippen MR) is 33.5 cm³/mol. The largest absolute Gasteiger partial charge is 0.479 e. The molecular formula is C5H10N3O2+. The lowest BCUT2D eigenvalue weighted by Gasteiger charge is -2.01. The van der Waals surface area contributed by atoms with Crippen LogP contribution in [0.2, 0.25) is 0 Å². The number of carboxylic acid groups (broad SMARTS) is 1. The molecule has 5 heteroatoms. The van der Waals surface area contributed by atoms with Crippen LogP contribution < -0.4 is 4.91 Å². The van der Waals surface area contributed by atoms with Crippen LogP contribution in [0.4, 0.5) is 0 Å². The summed E-state index contributed by atoms with van der Waals surface area (Å²) in [5.74, 6) is -1.15. The van der Waals surface area contributed by atoms with Crippen LogP contribution in [0.25, 0.3) is 0 Å². The first-order valence-electron chi connectivity index (χ1n) is 2.89. The Labute approximate surface area is 58.3 Å². The summed E-state index contributed by atoms with van der Waals surface area (Å²) in [7, 11) is 0. The van der Waals surface area contributed by atoms with Crippen LogP contribution in [-0.2, 0) is 4.79 Å². The third-order valence-corrected chi connectivity index (χ3v) is 1.07. The standard InChI is InChI=1S/C5H9N3O2/c1-3(2)4(5(9)10)7-8-6/h3-4,6H,1-2H3/p+1. The van der Waals surface area contributed by atoms with E-state index in [4.69, 9.17) is 10.6 Å². The van der Waals surface area contributed by atoms with Crippen LogP contribution in [0.1, 0.15) is 13.8 Å². The van der Waals surface area contributed by atoms with Crippen molar-refractivity contribution in [2.24, 2.45) is 11.0 Å². The number of nitrogens with zero attached hydrogens (tertiary/aromatic N) is 2. The molecule has 0 heterocycles. The van der Waals surface area contributed by atoms with Crippen LogP contribution in [-0.4, -0.2) is 17.1 Å². The molecular weight excluding hydrogens is 134 g/mol. The highest BCUT2D eigenvalue weighted by Gasteiger charge is 2.25. The second kappa shape index (κ2) is 3.74. The van der Waals surface area contributed by atoms with Gasteiger partial charge in [-0.3, -0.25) is 0 Å². The first-order valence-corrected chi connectivity index (χ1v) is 2.89. The zero-order valence-corrected chi connectivity index (χ0v) is 5.90. The molecule has 0 aliphatic heterocycles. The third-order valence-electron chi connectivity index (χ3n) is 1.07. The van der Waals surface area contributed by atoms with Crippen molar-refractivity contribution >= 4 is 5.97 Å². The second-order valence-corrected chi connectivity index (χ2v) is 2.24. The highest BCUT2D eigenvalue weighted by Crippen LogP contribution is 2.04. The van der Waals surface area contributed by atoms with Gasteiger partial charge >= 0.3 is 5.97 Å². The molecule has 0 saturated carbocycles. The molecule has 10 heavy (non-hydrogen) atoms. The van der Waals surface area contributed by atoms with E-state index < -0.39 is 12.0 Å². The predicted octanol–water partition coefficient (Wildman–Crippen LogP) is 0.646. The van der Waals surface area contributed by atoms with E-state index in [0.717, 1.165) is 0 Å². The summed E-state index contributed by atoms with van der Waals surface area (Å²) in [6.45, 7) is 3.43. The molecule has 0 aromatic carbocycles. The molecule has 56 valence electrons. The number of hydrogen-bond donors (Lipinski definition) is 2. The number of hydrogen-bond acceptors (Lipinski definition) is 3. The van der Waals surface area contributed by atoms with E-state index in [0.29, 0.717) is 0 Å². The smallest absolute Gasteiger partial charge is 0.336 e. The lowest BCUT2D eigenvalue weighted by molar-refractivity contribution is -0.139. The Morgan fingerprint density at radius 3 is 2.30 bits per heavy atom. The van der Waals surface area contributed by atoms with Crippen molar-refractivity contribution in [2.45, 2.75) is 19.9 Å². The van der Waals surface area contributed by atoms with Crippen LogP contribution in [0.5, 0.6) is 0 Å². The molecule has 0 aliphatic carbocycles. The highest BCUT2D eigenvalue weighted by molar-refractivity contribution is 5.73. The molecule has 0 rings (SSSR count). The summed E-state index contributed by atoms with van der Waals surface area (Å²) < 4.78 is 0. The maximum absolute atomic E-state index is 10.3. The maximum atomic E-state index is 10.3. The molecule has 2 N–H and O–H groups in total. The lowest BCUT2D eigenvalue weighted by Crippen LogP contribution is -2.23. The minimum atomic E-state index is -1.04. The van der Waals surface area contributed by atoms with Gasteiger partial charge in [0.15, 0.2) is 0 Å². The van der Waals surface area contributed by atoms with Crippen molar-refractivity contribution in [3.63, 3.8) is 0 Å². The van der Waals surface area contributed by atoms with E-state index in [1.807, 2.05) is 0 Å². The van der Waals surface area contributed by atoms with Crippen LogP contribution >= 0.6 is 0 Å². The molecule has 0 aromatic rings. The van der Waals surface area contributed by atoms with Gasteiger partial charge in [0.1, 0.15) is 10.6 Å². The molecule has 0 radical (unpaired) electrons. The SMILES string of the molecule is CC(C)C(N=[N+]=N)C(=O)O. The summed E-state index contributed by atoms with van der Waals surface area (Å²) in [6.07, 6.45) is 0. The average Bonchev–Trinajstić information content (AvgIpc) is 1.81. The molecule has 1 atom stereocenters. The van der Waals surface area contributed by atoms with E-state index in [2.05, 4.69) is 10.0 Å². The number of rotatable bonds is 3. The highest BCUT2D eigenvalue weighted by atomic mass is 16.4. The van der Waals surface area contributed by atoms with Crippen molar-refractivity contribution in [1.29, 1.82) is 5.53 Å². The van der Waals surface area contributed by atoms with Gasteiger partial charge in [0.2, 0.25) is 11.0 Å².